The van der Waals surface area contributed by atoms with Gasteiger partial charge in [0.15, 0.2) is 0 Å². The number of hydrogen-bond acceptors (Lipinski definition) is 1. The third kappa shape index (κ3) is 1.34. The summed E-state index contributed by atoms with van der Waals surface area (Å²) in [5.41, 5.74) is 2.41. The third-order valence-corrected chi connectivity index (χ3v) is 3.03. The van der Waals surface area contributed by atoms with E-state index in [0.29, 0.717) is 5.88 Å². The van der Waals surface area contributed by atoms with Gasteiger partial charge in [-0.15, -0.1) is 11.6 Å². The van der Waals surface area contributed by atoms with Gasteiger partial charge in [-0.3, -0.25) is 0 Å². The fourth-order valence-corrected chi connectivity index (χ4v) is 2.20. The predicted molar refractivity (Wildman–Crippen MR) is 52.9 cm³/mol. The average Bonchev–Trinajstić information content (AvgIpc) is 2.49. The van der Waals surface area contributed by atoms with E-state index in [1.165, 1.54) is 5.56 Å². The molecular formula is C9H8BrClO. The first-order valence-electron chi connectivity index (χ1n) is 3.81. The Hall–Kier alpha value is -0.210. The van der Waals surface area contributed by atoms with E-state index in [0.717, 1.165) is 28.8 Å². The van der Waals surface area contributed by atoms with Crippen LogP contribution in [0.3, 0.4) is 0 Å². The molecule has 0 fully saturated rings. The van der Waals surface area contributed by atoms with Gasteiger partial charge in [0, 0.05) is 16.8 Å². The van der Waals surface area contributed by atoms with Crippen LogP contribution in [0.2, 0.25) is 0 Å². The summed E-state index contributed by atoms with van der Waals surface area (Å²) in [4.78, 5) is 0. The van der Waals surface area contributed by atoms with Crippen molar-refractivity contribution < 1.29 is 4.74 Å². The van der Waals surface area contributed by atoms with Crippen molar-refractivity contribution in [2.45, 2.75) is 12.3 Å². The van der Waals surface area contributed by atoms with Crippen LogP contribution >= 0.6 is 27.5 Å². The average molecular weight is 248 g/mol. The van der Waals surface area contributed by atoms with Crippen molar-refractivity contribution in [3.63, 3.8) is 0 Å². The van der Waals surface area contributed by atoms with Gasteiger partial charge in [0.2, 0.25) is 0 Å². The van der Waals surface area contributed by atoms with Gasteiger partial charge >= 0.3 is 0 Å². The minimum absolute atomic E-state index is 0.549. The lowest BCUT2D eigenvalue weighted by Gasteiger charge is -2.03. The van der Waals surface area contributed by atoms with Gasteiger partial charge in [0.25, 0.3) is 0 Å². The van der Waals surface area contributed by atoms with E-state index in [2.05, 4.69) is 22.0 Å². The Morgan fingerprint density at radius 3 is 3.08 bits per heavy atom. The van der Waals surface area contributed by atoms with Crippen LogP contribution < -0.4 is 4.74 Å². The van der Waals surface area contributed by atoms with E-state index < -0.39 is 0 Å². The lowest BCUT2D eigenvalue weighted by atomic mass is 10.1. The topological polar surface area (TPSA) is 9.23 Å². The molecule has 1 aromatic carbocycles. The molecule has 2 rings (SSSR count). The zero-order chi connectivity index (χ0) is 8.55. The fourth-order valence-electron chi connectivity index (χ4n) is 1.35. The maximum atomic E-state index is 5.76. The van der Waals surface area contributed by atoms with Gasteiger partial charge in [0.05, 0.1) is 6.61 Å². The molecule has 1 aliphatic heterocycles. The van der Waals surface area contributed by atoms with Crippen LogP contribution in [0.15, 0.2) is 16.6 Å². The maximum absolute atomic E-state index is 5.76. The largest absolute Gasteiger partial charge is 0.493 e. The Bertz CT molecular complexity index is 311. The first-order valence-corrected chi connectivity index (χ1v) is 5.14. The van der Waals surface area contributed by atoms with E-state index in [1.54, 1.807) is 0 Å². The van der Waals surface area contributed by atoms with Crippen LogP contribution in [-0.4, -0.2) is 6.61 Å². The lowest BCUT2D eigenvalue weighted by molar-refractivity contribution is 0.356. The molecule has 1 aromatic rings. The molecule has 12 heavy (non-hydrogen) atoms. The fraction of sp³-hybridized carbons (Fsp3) is 0.333. The summed E-state index contributed by atoms with van der Waals surface area (Å²) in [5.74, 6) is 1.55. The number of halogens is 2. The highest BCUT2D eigenvalue weighted by molar-refractivity contribution is 9.10. The molecular weight excluding hydrogens is 239 g/mol. The van der Waals surface area contributed by atoms with E-state index in [-0.39, 0.29) is 0 Å². The van der Waals surface area contributed by atoms with Crippen molar-refractivity contribution in [1.29, 1.82) is 0 Å². The molecule has 0 radical (unpaired) electrons. The van der Waals surface area contributed by atoms with E-state index >= 15 is 0 Å². The summed E-state index contributed by atoms with van der Waals surface area (Å²) in [6, 6.07) is 4.11. The van der Waals surface area contributed by atoms with Crippen LogP contribution in [0.5, 0.6) is 5.75 Å². The SMILES string of the molecule is ClCc1cc2c(cc1Br)OCC2. The maximum Gasteiger partial charge on any atom is 0.123 e. The zero-order valence-corrected chi connectivity index (χ0v) is 8.78. The Morgan fingerprint density at radius 2 is 2.33 bits per heavy atom. The predicted octanol–water partition coefficient (Wildman–Crippen LogP) is 3.12. The van der Waals surface area contributed by atoms with Gasteiger partial charge in [-0.25, -0.2) is 0 Å². The first-order chi connectivity index (χ1) is 5.81. The molecule has 0 bridgehead atoms. The number of rotatable bonds is 1. The van der Waals surface area contributed by atoms with E-state index in [4.69, 9.17) is 16.3 Å². The second-order valence-electron chi connectivity index (χ2n) is 2.78. The number of hydrogen-bond donors (Lipinski definition) is 0. The van der Waals surface area contributed by atoms with Crippen molar-refractivity contribution in [3.8, 4) is 5.75 Å². The molecule has 64 valence electrons. The molecule has 1 aliphatic rings. The van der Waals surface area contributed by atoms with E-state index in [1.807, 2.05) is 6.07 Å². The van der Waals surface area contributed by atoms with Gasteiger partial charge in [-0.1, -0.05) is 15.9 Å². The molecule has 0 amide bonds. The standard InChI is InChI=1S/C9H8BrClO/c10-8-4-9-6(1-2-12-9)3-7(8)5-11/h3-4H,1-2,5H2. The van der Waals surface area contributed by atoms with Crippen molar-refractivity contribution in [2.75, 3.05) is 6.61 Å². The zero-order valence-electron chi connectivity index (χ0n) is 6.44. The molecule has 0 unspecified atom stereocenters. The van der Waals surface area contributed by atoms with Crippen LogP contribution in [0, 0.1) is 0 Å². The monoisotopic (exact) mass is 246 g/mol. The molecule has 1 heterocycles. The van der Waals surface area contributed by atoms with Crippen LogP contribution in [0.1, 0.15) is 11.1 Å². The second kappa shape index (κ2) is 3.27. The number of ether oxygens (including phenoxy) is 1. The smallest absolute Gasteiger partial charge is 0.123 e. The molecule has 0 aliphatic carbocycles. The molecule has 0 saturated heterocycles. The minimum Gasteiger partial charge on any atom is -0.493 e. The Kier molecular flexibility index (Phi) is 2.28. The number of alkyl halides is 1. The second-order valence-corrected chi connectivity index (χ2v) is 3.91. The summed E-state index contributed by atoms with van der Waals surface area (Å²) >= 11 is 9.21. The highest BCUT2D eigenvalue weighted by Crippen LogP contribution is 2.32. The highest BCUT2D eigenvalue weighted by Gasteiger charge is 2.14. The summed E-state index contributed by atoms with van der Waals surface area (Å²) in [7, 11) is 0. The van der Waals surface area contributed by atoms with Gasteiger partial charge in [-0.2, -0.15) is 0 Å². The van der Waals surface area contributed by atoms with Crippen LogP contribution in [-0.2, 0) is 12.3 Å². The minimum atomic E-state index is 0.549. The van der Waals surface area contributed by atoms with Crippen molar-refractivity contribution in [1.82, 2.24) is 0 Å². The normalized spacial score (nSPS) is 14.2. The van der Waals surface area contributed by atoms with Crippen molar-refractivity contribution >= 4 is 27.5 Å². The van der Waals surface area contributed by atoms with Gasteiger partial charge in [-0.05, 0) is 23.3 Å². The number of fused-ring (bicyclic) bond motifs is 1. The molecule has 0 aromatic heterocycles. The van der Waals surface area contributed by atoms with Crippen LogP contribution in [0.4, 0.5) is 0 Å². The summed E-state index contributed by atoms with van der Waals surface area (Å²) in [5, 5.41) is 0. The first kappa shape index (κ1) is 8.39. The molecule has 0 N–H and O–H groups in total. The molecule has 0 spiro atoms. The summed E-state index contributed by atoms with van der Waals surface area (Å²) in [6.07, 6.45) is 1.01. The van der Waals surface area contributed by atoms with Gasteiger partial charge in [0.1, 0.15) is 5.75 Å². The highest BCUT2D eigenvalue weighted by atomic mass is 79.9. The Morgan fingerprint density at radius 1 is 1.50 bits per heavy atom. The Balaban J connectivity index is 2.49. The van der Waals surface area contributed by atoms with Crippen molar-refractivity contribution in [3.05, 3.63) is 27.7 Å². The molecule has 1 nitrogen and oxygen atoms in total. The molecule has 0 atom stereocenters. The lowest BCUT2D eigenvalue weighted by Crippen LogP contribution is -1.86. The quantitative estimate of drug-likeness (QED) is 0.693. The number of benzene rings is 1. The van der Waals surface area contributed by atoms with Gasteiger partial charge < -0.3 is 4.74 Å². The molecule has 3 heteroatoms. The van der Waals surface area contributed by atoms with Crippen molar-refractivity contribution in [2.24, 2.45) is 0 Å². The Labute approximate surface area is 84.8 Å². The van der Waals surface area contributed by atoms with Crippen LogP contribution in [0.25, 0.3) is 0 Å². The van der Waals surface area contributed by atoms with E-state index in [9.17, 15) is 0 Å². The third-order valence-electron chi connectivity index (χ3n) is 2.00. The molecule has 0 saturated carbocycles. The summed E-state index contributed by atoms with van der Waals surface area (Å²) < 4.78 is 6.45. The summed E-state index contributed by atoms with van der Waals surface area (Å²) in [6.45, 7) is 0.799.